The van der Waals surface area contributed by atoms with Crippen molar-refractivity contribution in [3.05, 3.63) is 42.0 Å². The second-order valence-electron chi connectivity index (χ2n) is 4.39. The van der Waals surface area contributed by atoms with Crippen LogP contribution in [0.3, 0.4) is 0 Å². The van der Waals surface area contributed by atoms with E-state index in [-0.39, 0.29) is 24.0 Å². The van der Waals surface area contributed by atoms with Crippen molar-refractivity contribution in [3.8, 4) is 5.75 Å². The maximum Gasteiger partial charge on any atom is 0.341 e. The Hall–Kier alpha value is -1.77. The van der Waals surface area contributed by atoms with Gasteiger partial charge in [0.1, 0.15) is 11.3 Å². The lowest BCUT2D eigenvalue weighted by Gasteiger charge is -2.11. The van der Waals surface area contributed by atoms with E-state index in [1.807, 2.05) is 13.0 Å². The van der Waals surface area contributed by atoms with Crippen LogP contribution in [0.15, 0.2) is 35.8 Å². The summed E-state index contributed by atoms with van der Waals surface area (Å²) in [6.45, 7) is 7.47. The molecule has 6 nitrogen and oxygen atoms in total. The summed E-state index contributed by atoms with van der Waals surface area (Å²) in [6.07, 6.45) is 1.76. The fourth-order valence-corrected chi connectivity index (χ4v) is 1.80. The van der Waals surface area contributed by atoms with Crippen LogP contribution in [0.25, 0.3) is 0 Å². The van der Waals surface area contributed by atoms with Crippen molar-refractivity contribution in [2.24, 2.45) is 4.99 Å². The third-order valence-corrected chi connectivity index (χ3v) is 2.85. The molecule has 0 heterocycles. The average molecular weight is 433 g/mol. The first-order valence-corrected chi connectivity index (χ1v) is 7.04. The molecule has 0 aliphatic carbocycles. The first kappa shape index (κ1) is 21.2. The fraction of sp³-hybridized carbons (Fsp3) is 0.375. The van der Waals surface area contributed by atoms with Crippen molar-refractivity contribution < 1.29 is 14.3 Å². The minimum atomic E-state index is -0.431. The first-order valence-electron chi connectivity index (χ1n) is 7.04. The highest BCUT2D eigenvalue weighted by atomic mass is 127. The van der Waals surface area contributed by atoms with E-state index in [0.29, 0.717) is 30.4 Å². The molecule has 0 saturated heterocycles. The van der Waals surface area contributed by atoms with Crippen LogP contribution in [0.5, 0.6) is 5.75 Å². The van der Waals surface area contributed by atoms with Crippen LogP contribution < -0.4 is 15.4 Å². The zero-order valence-corrected chi connectivity index (χ0v) is 16.0. The molecule has 0 aliphatic heterocycles. The molecule has 1 aromatic rings. The number of halogens is 1. The second kappa shape index (κ2) is 11.8. The summed E-state index contributed by atoms with van der Waals surface area (Å²) >= 11 is 0. The molecule has 0 radical (unpaired) electrons. The molecule has 0 fully saturated rings. The standard InChI is InChI=1S/C16H23N3O3.HI/c1-5-9-18-16(17-6-2)19-11-12-7-8-14(21-3)13(10-12)15(20)22-4;/h5,7-8,10H,1,6,9,11H2,2-4H3,(H2,17,18,19);1H. The van der Waals surface area contributed by atoms with Crippen LogP contribution in [0.1, 0.15) is 22.8 Å². The highest BCUT2D eigenvalue weighted by molar-refractivity contribution is 14.0. The maximum absolute atomic E-state index is 11.8. The third-order valence-electron chi connectivity index (χ3n) is 2.85. The van der Waals surface area contributed by atoms with E-state index in [1.165, 1.54) is 14.2 Å². The summed E-state index contributed by atoms with van der Waals surface area (Å²) in [5, 5.41) is 6.25. The highest BCUT2D eigenvalue weighted by Crippen LogP contribution is 2.21. The number of rotatable bonds is 7. The molecule has 128 valence electrons. The normalized spacial score (nSPS) is 10.3. The molecule has 0 spiro atoms. The van der Waals surface area contributed by atoms with Crippen molar-refractivity contribution >= 4 is 35.9 Å². The number of hydrogen-bond acceptors (Lipinski definition) is 4. The zero-order valence-electron chi connectivity index (χ0n) is 13.7. The molecular formula is C16H24IN3O3. The second-order valence-corrected chi connectivity index (χ2v) is 4.39. The Bertz CT molecular complexity index is 547. The number of esters is 1. The van der Waals surface area contributed by atoms with Crippen molar-refractivity contribution in [2.75, 3.05) is 27.3 Å². The van der Waals surface area contributed by atoms with E-state index >= 15 is 0 Å². The minimum absolute atomic E-state index is 0. The van der Waals surface area contributed by atoms with Crippen molar-refractivity contribution in [1.82, 2.24) is 10.6 Å². The largest absolute Gasteiger partial charge is 0.496 e. The van der Waals surface area contributed by atoms with Gasteiger partial charge in [-0.15, -0.1) is 30.6 Å². The number of hydrogen-bond donors (Lipinski definition) is 2. The number of aliphatic imine (C=N–C) groups is 1. The Kier molecular flexibility index (Phi) is 10.8. The summed E-state index contributed by atoms with van der Waals surface area (Å²) in [5.74, 6) is 0.744. The van der Waals surface area contributed by atoms with E-state index in [9.17, 15) is 4.79 Å². The molecule has 23 heavy (non-hydrogen) atoms. The zero-order chi connectivity index (χ0) is 16.4. The first-order chi connectivity index (χ1) is 10.7. The maximum atomic E-state index is 11.8. The summed E-state index contributed by atoms with van der Waals surface area (Å²) in [5.41, 5.74) is 1.28. The number of guanidine groups is 1. The summed E-state index contributed by atoms with van der Waals surface area (Å²) < 4.78 is 9.93. The lowest BCUT2D eigenvalue weighted by molar-refractivity contribution is 0.0597. The molecule has 0 aliphatic rings. The van der Waals surface area contributed by atoms with Crippen LogP contribution >= 0.6 is 24.0 Å². The molecule has 0 aromatic heterocycles. The van der Waals surface area contributed by atoms with Crippen molar-refractivity contribution in [2.45, 2.75) is 13.5 Å². The van der Waals surface area contributed by atoms with Gasteiger partial charge >= 0.3 is 5.97 Å². The third kappa shape index (κ3) is 6.89. The smallest absolute Gasteiger partial charge is 0.341 e. The predicted octanol–water partition coefficient (Wildman–Crippen LogP) is 2.34. The van der Waals surface area contributed by atoms with E-state index in [1.54, 1.807) is 18.2 Å². The van der Waals surface area contributed by atoms with Crippen LogP contribution in [-0.4, -0.2) is 39.2 Å². The Balaban J connectivity index is 0.00000484. The molecule has 0 amide bonds. The molecule has 0 unspecified atom stereocenters. The Morgan fingerprint density at radius 1 is 1.35 bits per heavy atom. The number of benzene rings is 1. The number of nitrogens with one attached hydrogen (secondary N) is 2. The number of carbonyl (C=O) groups is 1. The Labute approximate surface area is 154 Å². The molecular weight excluding hydrogens is 409 g/mol. The van der Waals surface area contributed by atoms with Crippen LogP contribution in [0.2, 0.25) is 0 Å². The summed E-state index contributed by atoms with van der Waals surface area (Å²) in [7, 11) is 2.86. The average Bonchev–Trinajstić information content (AvgIpc) is 2.56. The van der Waals surface area contributed by atoms with E-state index < -0.39 is 5.97 Å². The van der Waals surface area contributed by atoms with Gasteiger partial charge in [0.15, 0.2) is 5.96 Å². The van der Waals surface area contributed by atoms with Gasteiger partial charge in [0.2, 0.25) is 0 Å². The van der Waals surface area contributed by atoms with Crippen LogP contribution in [0, 0.1) is 0 Å². The van der Waals surface area contributed by atoms with E-state index in [0.717, 1.165) is 12.1 Å². The van der Waals surface area contributed by atoms with Gasteiger partial charge < -0.3 is 20.1 Å². The van der Waals surface area contributed by atoms with Gasteiger partial charge in [-0.25, -0.2) is 9.79 Å². The van der Waals surface area contributed by atoms with Gasteiger partial charge in [0.05, 0.1) is 20.8 Å². The van der Waals surface area contributed by atoms with Gasteiger partial charge in [-0.05, 0) is 24.6 Å². The van der Waals surface area contributed by atoms with Crippen LogP contribution in [-0.2, 0) is 11.3 Å². The summed E-state index contributed by atoms with van der Waals surface area (Å²) in [4.78, 5) is 16.2. The van der Waals surface area contributed by atoms with E-state index in [2.05, 4.69) is 22.2 Å². The molecule has 1 rings (SSSR count). The Morgan fingerprint density at radius 2 is 2.09 bits per heavy atom. The summed E-state index contributed by atoms with van der Waals surface area (Å²) in [6, 6.07) is 5.33. The van der Waals surface area contributed by atoms with Gasteiger partial charge in [0.25, 0.3) is 0 Å². The van der Waals surface area contributed by atoms with Gasteiger partial charge in [0, 0.05) is 13.1 Å². The van der Waals surface area contributed by atoms with Gasteiger partial charge in [-0.2, -0.15) is 0 Å². The van der Waals surface area contributed by atoms with Gasteiger partial charge in [-0.3, -0.25) is 0 Å². The van der Waals surface area contributed by atoms with Crippen LogP contribution in [0.4, 0.5) is 0 Å². The molecule has 7 heteroatoms. The van der Waals surface area contributed by atoms with Crippen molar-refractivity contribution in [1.29, 1.82) is 0 Å². The van der Waals surface area contributed by atoms with Crippen molar-refractivity contribution in [3.63, 3.8) is 0 Å². The Morgan fingerprint density at radius 3 is 2.65 bits per heavy atom. The lowest BCUT2D eigenvalue weighted by Crippen LogP contribution is -2.37. The quantitative estimate of drug-likeness (QED) is 0.227. The number of nitrogens with zero attached hydrogens (tertiary/aromatic N) is 1. The molecule has 1 aromatic carbocycles. The highest BCUT2D eigenvalue weighted by Gasteiger charge is 2.13. The molecule has 0 bridgehead atoms. The van der Waals surface area contributed by atoms with E-state index in [4.69, 9.17) is 9.47 Å². The molecule has 0 atom stereocenters. The predicted molar refractivity (Wildman–Crippen MR) is 103 cm³/mol. The molecule has 2 N–H and O–H groups in total. The topological polar surface area (TPSA) is 72.0 Å². The van der Waals surface area contributed by atoms with Gasteiger partial charge in [-0.1, -0.05) is 12.1 Å². The minimum Gasteiger partial charge on any atom is -0.496 e. The number of ether oxygens (including phenoxy) is 2. The SMILES string of the molecule is C=CCNC(=NCc1ccc(OC)c(C(=O)OC)c1)NCC.I. The fourth-order valence-electron chi connectivity index (χ4n) is 1.80. The number of methoxy groups -OCH3 is 2. The lowest BCUT2D eigenvalue weighted by atomic mass is 10.1. The number of carbonyl (C=O) groups excluding carboxylic acids is 1. The monoisotopic (exact) mass is 433 g/mol. The molecule has 0 saturated carbocycles.